The van der Waals surface area contributed by atoms with Gasteiger partial charge in [0.25, 0.3) is 0 Å². The Morgan fingerprint density at radius 3 is 1.48 bits per heavy atom. The summed E-state index contributed by atoms with van der Waals surface area (Å²) in [7, 11) is 3.07. The Kier molecular flexibility index (Phi) is 4.24. The molecule has 0 saturated heterocycles. The van der Waals surface area contributed by atoms with Crippen LogP contribution < -0.4 is 9.47 Å². The molecule has 0 amide bonds. The minimum Gasteiger partial charge on any atom is -0.504 e. The van der Waals surface area contributed by atoms with Crippen molar-refractivity contribution in [3.63, 3.8) is 0 Å². The molecule has 0 aromatic heterocycles. The number of hydrogen-bond acceptors (Lipinski definition) is 4. The van der Waals surface area contributed by atoms with Crippen LogP contribution in [-0.4, -0.2) is 24.4 Å². The van der Waals surface area contributed by atoms with Gasteiger partial charge in [-0.25, -0.2) is 0 Å². The molecule has 0 aliphatic heterocycles. The first kappa shape index (κ1) is 17.0. The summed E-state index contributed by atoms with van der Waals surface area (Å²) in [5.41, 5.74) is 1.41. The first-order valence-corrected chi connectivity index (χ1v) is 8.69. The molecule has 0 aliphatic rings. The quantitative estimate of drug-likeness (QED) is 0.537. The third-order valence-electron chi connectivity index (χ3n) is 4.98. The molecular formula is C23H20O4. The Balaban J connectivity index is 2.01. The molecule has 4 nitrogen and oxygen atoms in total. The SMILES string of the molecule is COc1cc2ccccc2c(Cc2c(O)c(OC)cc3ccccc23)c1O. The number of rotatable bonds is 4. The fourth-order valence-electron chi connectivity index (χ4n) is 3.61. The second-order valence-electron chi connectivity index (χ2n) is 6.43. The summed E-state index contributed by atoms with van der Waals surface area (Å²) in [6.45, 7) is 0. The van der Waals surface area contributed by atoms with Gasteiger partial charge < -0.3 is 19.7 Å². The molecule has 0 radical (unpaired) electrons. The van der Waals surface area contributed by atoms with E-state index in [0.29, 0.717) is 29.0 Å². The molecule has 0 saturated carbocycles. The Labute approximate surface area is 157 Å². The monoisotopic (exact) mass is 360 g/mol. The normalized spacial score (nSPS) is 11.0. The van der Waals surface area contributed by atoms with Crippen LogP contribution in [0.5, 0.6) is 23.0 Å². The van der Waals surface area contributed by atoms with E-state index in [-0.39, 0.29) is 11.5 Å². The van der Waals surface area contributed by atoms with Crippen molar-refractivity contribution in [3.05, 3.63) is 71.8 Å². The lowest BCUT2D eigenvalue weighted by atomic mass is 9.93. The van der Waals surface area contributed by atoms with Crippen LogP contribution >= 0.6 is 0 Å². The van der Waals surface area contributed by atoms with E-state index < -0.39 is 0 Å². The molecule has 0 spiro atoms. The molecule has 4 aromatic rings. The summed E-state index contributed by atoms with van der Waals surface area (Å²) < 4.78 is 10.7. The highest BCUT2D eigenvalue weighted by atomic mass is 16.5. The molecule has 4 heteroatoms. The van der Waals surface area contributed by atoms with E-state index in [4.69, 9.17) is 9.47 Å². The smallest absolute Gasteiger partial charge is 0.161 e. The standard InChI is InChI=1S/C23H20O4/c1-26-20-11-14-7-3-5-9-16(14)18(22(20)24)13-19-17-10-6-4-8-15(17)12-21(27-2)23(19)25/h3-12,24-25H,13H2,1-2H3. The third-order valence-corrected chi connectivity index (χ3v) is 4.98. The number of benzene rings is 4. The maximum atomic E-state index is 10.8. The average molecular weight is 360 g/mol. The third kappa shape index (κ3) is 2.79. The van der Waals surface area contributed by atoms with E-state index in [9.17, 15) is 10.2 Å². The molecule has 0 fully saturated rings. The second kappa shape index (κ2) is 6.72. The zero-order valence-corrected chi connectivity index (χ0v) is 15.2. The van der Waals surface area contributed by atoms with Gasteiger partial charge in [-0.3, -0.25) is 0 Å². The highest BCUT2D eigenvalue weighted by Crippen LogP contribution is 2.42. The lowest BCUT2D eigenvalue weighted by Gasteiger charge is -2.16. The van der Waals surface area contributed by atoms with E-state index in [2.05, 4.69) is 0 Å². The van der Waals surface area contributed by atoms with Crippen LogP contribution in [-0.2, 0) is 6.42 Å². The van der Waals surface area contributed by atoms with Crippen molar-refractivity contribution < 1.29 is 19.7 Å². The largest absolute Gasteiger partial charge is 0.504 e. The van der Waals surface area contributed by atoms with Crippen LogP contribution in [0, 0.1) is 0 Å². The molecule has 4 rings (SSSR count). The predicted octanol–water partition coefficient (Wildman–Crippen LogP) is 5.01. The second-order valence-corrected chi connectivity index (χ2v) is 6.43. The minimum absolute atomic E-state index is 0.0856. The van der Waals surface area contributed by atoms with Crippen LogP contribution in [0.25, 0.3) is 21.5 Å². The van der Waals surface area contributed by atoms with Crippen molar-refractivity contribution in [1.82, 2.24) is 0 Å². The number of methoxy groups -OCH3 is 2. The van der Waals surface area contributed by atoms with Gasteiger partial charge in [0, 0.05) is 17.5 Å². The Hall–Kier alpha value is -3.40. The van der Waals surface area contributed by atoms with E-state index >= 15 is 0 Å². The van der Waals surface area contributed by atoms with E-state index in [1.54, 1.807) is 0 Å². The Morgan fingerprint density at radius 1 is 0.667 bits per heavy atom. The highest BCUT2D eigenvalue weighted by Gasteiger charge is 2.19. The van der Waals surface area contributed by atoms with Crippen molar-refractivity contribution in [2.24, 2.45) is 0 Å². The van der Waals surface area contributed by atoms with E-state index in [1.165, 1.54) is 14.2 Å². The number of aromatic hydroxyl groups is 2. The maximum absolute atomic E-state index is 10.8. The van der Waals surface area contributed by atoms with Crippen LogP contribution in [0.15, 0.2) is 60.7 Å². The van der Waals surface area contributed by atoms with Gasteiger partial charge in [-0.15, -0.1) is 0 Å². The van der Waals surface area contributed by atoms with Gasteiger partial charge >= 0.3 is 0 Å². The number of phenols is 2. The van der Waals surface area contributed by atoms with Crippen LogP contribution in [0.1, 0.15) is 11.1 Å². The molecule has 2 N–H and O–H groups in total. The summed E-state index contributed by atoms with van der Waals surface area (Å²) in [5.74, 6) is 0.996. The van der Waals surface area contributed by atoms with Crippen molar-refractivity contribution in [3.8, 4) is 23.0 Å². The molecule has 136 valence electrons. The van der Waals surface area contributed by atoms with E-state index in [1.807, 2.05) is 60.7 Å². The van der Waals surface area contributed by atoms with Gasteiger partial charge in [-0.1, -0.05) is 48.5 Å². The maximum Gasteiger partial charge on any atom is 0.161 e. The van der Waals surface area contributed by atoms with Gasteiger partial charge in [0.1, 0.15) is 0 Å². The van der Waals surface area contributed by atoms with Crippen molar-refractivity contribution in [2.75, 3.05) is 14.2 Å². The molecule has 0 unspecified atom stereocenters. The summed E-state index contributed by atoms with van der Waals surface area (Å²) in [6, 6.07) is 19.3. The average Bonchev–Trinajstić information content (AvgIpc) is 2.71. The van der Waals surface area contributed by atoms with Crippen molar-refractivity contribution in [1.29, 1.82) is 0 Å². The van der Waals surface area contributed by atoms with Crippen molar-refractivity contribution in [2.45, 2.75) is 6.42 Å². The summed E-state index contributed by atoms with van der Waals surface area (Å²) in [4.78, 5) is 0. The topological polar surface area (TPSA) is 58.9 Å². The van der Waals surface area contributed by atoms with Gasteiger partial charge in [0.2, 0.25) is 0 Å². The van der Waals surface area contributed by atoms with E-state index in [0.717, 1.165) is 21.5 Å². The van der Waals surface area contributed by atoms with Gasteiger partial charge in [-0.05, 0) is 33.7 Å². The lowest BCUT2D eigenvalue weighted by Crippen LogP contribution is -1.97. The first-order valence-electron chi connectivity index (χ1n) is 8.69. The fraction of sp³-hybridized carbons (Fsp3) is 0.130. The van der Waals surface area contributed by atoms with Gasteiger partial charge in [-0.2, -0.15) is 0 Å². The number of phenolic OH excluding ortho intramolecular Hbond substituents is 2. The zero-order valence-electron chi connectivity index (χ0n) is 15.2. The fourth-order valence-corrected chi connectivity index (χ4v) is 3.61. The zero-order chi connectivity index (χ0) is 19.0. The summed E-state index contributed by atoms with van der Waals surface area (Å²) >= 11 is 0. The molecule has 4 aromatic carbocycles. The Morgan fingerprint density at radius 2 is 1.07 bits per heavy atom. The Bertz CT molecular complexity index is 1060. The first-order chi connectivity index (χ1) is 13.1. The molecule has 0 atom stereocenters. The number of ether oxygens (including phenoxy) is 2. The highest BCUT2D eigenvalue weighted by molar-refractivity contribution is 5.93. The minimum atomic E-state index is 0.0856. The summed E-state index contributed by atoms with van der Waals surface area (Å²) in [5, 5.41) is 25.4. The van der Waals surface area contributed by atoms with Crippen LogP contribution in [0.4, 0.5) is 0 Å². The van der Waals surface area contributed by atoms with Gasteiger partial charge in [0.15, 0.2) is 23.0 Å². The number of hydrogen-bond donors (Lipinski definition) is 2. The molecule has 0 bridgehead atoms. The molecular weight excluding hydrogens is 340 g/mol. The van der Waals surface area contributed by atoms with Crippen LogP contribution in [0.2, 0.25) is 0 Å². The molecule has 0 aliphatic carbocycles. The lowest BCUT2D eigenvalue weighted by molar-refractivity contribution is 0.369. The van der Waals surface area contributed by atoms with Crippen molar-refractivity contribution >= 4 is 21.5 Å². The number of fused-ring (bicyclic) bond motifs is 2. The van der Waals surface area contributed by atoms with Crippen LogP contribution in [0.3, 0.4) is 0 Å². The molecule has 27 heavy (non-hydrogen) atoms. The van der Waals surface area contributed by atoms with Gasteiger partial charge in [0.05, 0.1) is 14.2 Å². The predicted molar refractivity (Wildman–Crippen MR) is 107 cm³/mol. The molecule has 0 heterocycles. The summed E-state index contributed by atoms with van der Waals surface area (Å²) in [6.07, 6.45) is 0.340.